The van der Waals surface area contributed by atoms with Crippen LogP contribution in [0.1, 0.15) is 40.9 Å². The monoisotopic (exact) mass is 293 g/mol. The van der Waals surface area contributed by atoms with E-state index in [1.807, 2.05) is 12.3 Å². The van der Waals surface area contributed by atoms with E-state index in [4.69, 9.17) is 23.2 Å². The Bertz CT molecular complexity index is 365. The molecular weight excluding hydrogens is 277 g/mol. The molecule has 0 aliphatic rings. The summed E-state index contributed by atoms with van der Waals surface area (Å²) in [7, 11) is 0. The quantitative estimate of drug-likeness (QED) is 0.591. The molecule has 0 bridgehead atoms. The van der Waals surface area contributed by atoms with Crippen LogP contribution < -0.4 is 5.32 Å². The molecule has 0 radical (unpaired) electrons. The number of unbranched alkanes of at least 4 members (excludes halogenated alkanes) is 3. The molecular formula is C12H17Cl2NOS. The number of halogens is 2. The van der Waals surface area contributed by atoms with E-state index in [2.05, 4.69) is 5.32 Å². The largest absolute Gasteiger partial charge is 0.351 e. The summed E-state index contributed by atoms with van der Waals surface area (Å²) >= 11 is 13.0. The van der Waals surface area contributed by atoms with E-state index >= 15 is 0 Å². The zero-order valence-corrected chi connectivity index (χ0v) is 12.2. The van der Waals surface area contributed by atoms with Gasteiger partial charge in [-0.2, -0.15) is 0 Å². The number of thiophene rings is 1. The lowest BCUT2D eigenvalue weighted by molar-refractivity contribution is 0.0957. The molecule has 0 spiro atoms. The van der Waals surface area contributed by atoms with Crippen LogP contribution in [0.15, 0.2) is 5.38 Å². The molecule has 0 atom stereocenters. The molecule has 0 saturated heterocycles. The fourth-order valence-electron chi connectivity index (χ4n) is 1.44. The molecule has 96 valence electrons. The summed E-state index contributed by atoms with van der Waals surface area (Å²) in [6, 6.07) is 0. The molecule has 1 aromatic heterocycles. The minimum absolute atomic E-state index is 0.0644. The predicted molar refractivity (Wildman–Crippen MR) is 75.6 cm³/mol. The van der Waals surface area contributed by atoms with Crippen LogP contribution in [0.3, 0.4) is 0 Å². The lowest BCUT2D eigenvalue weighted by atomic mass is 10.2. The Hall–Kier alpha value is -0.250. The van der Waals surface area contributed by atoms with Gasteiger partial charge < -0.3 is 5.32 Å². The van der Waals surface area contributed by atoms with Gasteiger partial charge in [0.1, 0.15) is 4.88 Å². The van der Waals surface area contributed by atoms with Crippen molar-refractivity contribution in [2.75, 3.05) is 12.4 Å². The van der Waals surface area contributed by atoms with E-state index in [0.717, 1.165) is 37.1 Å². The van der Waals surface area contributed by atoms with Crippen molar-refractivity contribution in [1.82, 2.24) is 5.32 Å². The second-order valence-corrected chi connectivity index (χ2v) is 5.56. The van der Waals surface area contributed by atoms with Gasteiger partial charge >= 0.3 is 0 Å². The average molecular weight is 294 g/mol. The summed E-state index contributed by atoms with van der Waals surface area (Å²) in [5.41, 5.74) is 0.962. The molecule has 1 aromatic rings. The first-order valence-electron chi connectivity index (χ1n) is 5.74. The van der Waals surface area contributed by atoms with Crippen LogP contribution in [-0.2, 0) is 0 Å². The van der Waals surface area contributed by atoms with Crippen LogP contribution >= 0.6 is 34.5 Å². The van der Waals surface area contributed by atoms with Gasteiger partial charge in [-0.1, -0.05) is 24.4 Å². The lowest BCUT2D eigenvalue weighted by Gasteiger charge is -2.03. The van der Waals surface area contributed by atoms with Crippen molar-refractivity contribution in [1.29, 1.82) is 0 Å². The standard InChI is InChI=1S/C12H17Cl2NOS/c1-9-8-17-11(10(9)14)12(16)15-7-5-3-2-4-6-13/h8H,2-7H2,1H3,(H,15,16). The molecule has 5 heteroatoms. The molecule has 0 aliphatic carbocycles. The second-order valence-electron chi connectivity index (χ2n) is 3.92. The molecule has 0 aliphatic heterocycles. The Morgan fingerprint density at radius 1 is 1.35 bits per heavy atom. The molecule has 0 fully saturated rings. The Morgan fingerprint density at radius 2 is 2.06 bits per heavy atom. The number of amides is 1. The number of carbonyl (C=O) groups is 1. The fourth-order valence-corrected chi connectivity index (χ4v) is 2.82. The van der Waals surface area contributed by atoms with Crippen molar-refractivity contribution in [3.8, 4) is 0 Å². The van der Waals surface area contributed by atoms with Gasteiger partial charge in [-0.05, 0) is 30.7 Å². The summed E-state index contributed by atoms with van der Waals surface area (Å²) in [6.07, 6.45) is 4.26. The number of nitrogens with one attached hydrogen (secondary N) is 1. The molecule has 2 nitrogen and oxygen atoms in total. The molecule has 1 heterocycles. The number of hydrogen-bond donors (Lipinski definition) is 1. The summed E-state index contributed by atoms with van der Waals surface area (Å²) < 4.78 is 0. The average Bonchev–Trinajstić information content (AvgIpc) is 2.64. The maximum atomic E-state index is 11.8. The van der Waals surface area contributed by atoms with Gasteiger partial charge in [-0.15, -0.1) is 22.9 Å². The summed E-state index contributed by atoms with van der Waals surface area (Å²) in [6.45, 7) is 2.61. The summed E-state index contributed by atoms with van der Waals surface area (Å²) in [5.74, 6) is 0.654. The fraction of sp³-hybridized carbons (Fsp3) is 0.583. The van der Waals surface area contributed by atoms with Crippen molar-refractivity contribution in [3.05, 3.63) is 20.8 Å². The molecule has 1 N–H and O–H groups in total. The minimum atomic E-state index is -0.0644. The highest BCUT2D eigenvalue weighted by Crippen LogP contribution is 2.26. The first-order chi connectivity index (χ1) is 8.16. The van der Waals surface area contributed by atoms with Crippen LogP contribution in [0.4, 0.5) is 0 Å². The van der Waals surface area contributed by atoms with Gasteiger partial charge in [0.2, 0.25) is 0 Å². The van der Waals surface area contributed by atoms with Crippen LogP contribution in [0.25, 0.3) is 0 Å². The van der Waals surface area contributed by atoms with Gasteiger partial charge in [0.05, 0.1) is 5.02 Å². The SMILES string of the molecule is Cc1csc(C(=O)NCCCCCCCl)c1Cl. The Morgan fingerprint density at radius 3 is 2.65 bits per heavy atom. The third-order valence-electron chi connectivity index (χ3n) is 2.45. The van der Waals surface area contributed by atoms with Crippen molar-refractivity contribution in [2.45, 2.75) is 32.6 Å². The van der Waals surface area contributed by atoms with E-state index in [1.165, 1.54) is 11.3 Å². The van der Waals surface area contributed by atoms with Crippen LogP contribution in [0.2, 0.25) is 5.02 Å². The lowest BCUT2D eigenvalue weighted by Crippen LogP contribution is -2.23. The van der Waals surface area contributed by atoms with Crippen molar-refractivity contribution >= 4 is 40.4 Å². The highest BCUT2D eigenvalue weighted by Gasteiger charge is 2.13. The Balaban J connectivity index is 2.24. The van der Waals surface area contributed by atoms with Gasteiger partial charge in [0.15, 0.2) is 0 Å². The van der Waals surface area contributed by atoms with E-state index in [1.54, 1.807) is 0 Å². The number of carbonyl (C=O) groups excluding carboxylic acids is 1. The summed E-state index contributed by atoms with van der Waals surface area (Å²) in [5, 5.41) is 5.36. The van der Waals surface area contributed by atoms with Gasteiger partial charge in [0.25, 0.3) is 5.91 Å². The Labute approximate surface area is 116 Å². The first-order valence-corrected chi connectivity index (χ1v) is 7.53. The molecule has 1 rings (SSSR count). The number of aryl methyl sites for hydroxylation is 1. The number of hydrogen-bond acceptors (Lipinski definition) is 2. The van der Waals surface area contributed by atoms with Crippen LogP contribution in [0.5, 0.6) is 0 Å². The molecule has 1 amide bonds. The topological polar surface area (TPSA) is 29.1 Å². The highest BCUT2D eigenvalue weighted by molar-refractivity contribution is 7.13. The zero-order valence-electron chi connectivity index (χ0n) is 9.89. The van der Waals surface area contributed by atoms with Crippen molar-refractivity contribution in [3.63, 3.8) is 0 Å². The molecule has 0 aromatic carbocycles. The van der Waals surface area contributed by atoms with Gasteiger partial charge in [-0.3, -0.25) is 4.79 Å². The zero-order chi connectivity index (χ0) is 12.7. The first kappa shape index (κ1) is 14.8. The van der Waals surface area contributed by atoms with Crippen molar-refractivity contribution < 1.29 is 4.79 Å². The van der Waals surface area contributed by atoms with Crippen LogP contribution in [0, 0.1) is 6.92 Å². The molecule has 0 saturated carbocycles. The number of alkyl halides is 1. The maximum Gasteiger partial charge on any atom is 0.262 e. The third kappa shape index (κ3) is 4.86. The minimum Gasteiger partial charge on any atom is -0.351 e. The predicted octanol–water partition coefficient (Wildman–Crippen LogP) is 4.24. The van der Waals surface area contributed by atoms with E-state index in [9.17, 15) is 4.79 Å². The Kier molecular flexibility index (Phi) is 6.93. The van der Waals surface area contributed by atoms with Gasteiger partial charge in [-0.25, -0.2) is 0 Å². The van der Waals surface area contributed by atoms with E-state index < -0.39 is 0 Å². The van der Waals surface area contributed by atoms with E-state index in [-0.39, 0.29) is 5.91 Å². The smallest absolute Gasteiger partial charge is 0.262 e. The van der Waals surface area contributed by atoms with Gasteiger partial charge in [0, 0.05) is 12.4 Å². The second kappa shape index (κ2) is 7.96. The normalized spacial score (nSPS) is 10.5. The third-order valence-corrected chi connectivity index (χ3v) is 4.41. The molecule has 17 heavy (non-hydrogen) atoms. The van der Waals surface area contributed by atoms with Crippen molar-refractivity contribution in [2.24, 2.45) is 0 Å². The highest BCUT2D eigenvalue weighted by atomic mass is 35.5. The van der Waals surface area contributed by atoms with E-state index in [0.29, 0.717) is 16.4 Å². The summed E-state index contributed by atoms with van der Waals surface area (Å²) in [4.78, 5) is 12.4. The molecule has 0 unspecified atom stereocenters. The maximum absolute atomic E-state index is 11.8. The van der Waals surface area contributed by atoms with Crippen LogP contribution in [-0.4, -0.2) is 18.3 Å². The number of rotatable bonds is 7.